The van der Waals surface area contributed by atoms with Crippen LogP contribution < -0.4 is 9.47 Å². The molecule has 0 radical (unpaired) electrons. The predicted molar refractivity (Wildman–Crippen MR) is 76.8 cm³/mol. The Balaban J connectivity index is 2.38. The fourth-order valence-electron chi connectivity index (χ4n) is 1.89. The number of aliphatic hydroxyl groups is 1. The number of aliphatic hydroxyl groups excluding tert-OH is 1. The van der Waals surface area contributed by atoms with Crippen molar-refractivity contribution in [2.24, 2.45) is 0 Å². The number of nitrogens with zero attached hydrogens (tertiary/aromatic N) is 1. The number of ether oxygens (including phenoxy) is 2. The van der Waals surface area contributed by atoms with E-state index in [1.165, 1.54) is 25.3 Å². The highest BCUT2D eigenvalue weighted by Crippen LogP contribution is 2.36. The van der Waals surface area contributed by atoms with Crippen molar-refractivity contribution in [2.45, 2.75) is 13.0 Å². The summed E-state index contributed by atoms with van der Waals surface area (Å²) in [7, 11) is 1.41. The number of rotatable bonds is 5. The van der Waals surface area contributed by atoms with Crippen LogP contribution in [-0.2, 0) is 0 Å². The Bertz CT molecular complexity index is 654. The SMILES string of the molecule is COc1cc([N+](=O)[O-])ccc1Oc1ccccc1[C@H](C)O. The number of methoxy groups -OCH3 is 1. The van der Waals surface area contributed by atoms with Crippen molar-refractivity contribution >= 4 is 5.69 Å². The first kappa shape index (κ1) is 14.8. The molecule has 0 saturated heterocycles. The van der Waals surface area contributed by atoms with Crippen molar-refractivity contribution in [3.05, 3.63) is 58.1 Å². The zero-order chi connectivity index (χ0) is 15.4. The van der Waals surface area contributed by atoms with Crippen LogP contribution in [0.4, 0.5) is 5.69 Å². The quantitative estimate of drug-likeness (QED) is 0.673. The molecule has 0 heterocycles. The summed E-state index contributed by atoms with van der Waals surface area (Å²) in [5, 5.41) is 20.5. The van der Waals surface area contributed by atoms with E-state index in [-0.39, 0.29) is 11.4 Å². The molecule has 0 amide bonds. The van der Waals surface area contributed by atoms with Gasteiger partial charge in [-0.2, -0.15) is 0 Å². The maximum absolute atomic E-state index is 10.8. The van der Waals surface area contributed by atoms with Gasteiger partial charge in [-0.15, -0.1) is 0 Å². The molecule has 1 atom stereocenters. The molecule has 2 aromatic carbocycles. The highest BCUT2D eigenvalue weighted by atomic mass is 16.6. The van der Waals surface area contributed by atoms with Gasteiger partial charge >= 0.3 is 0 Å². The first-order chi connectivity index (χ1) is 10.0. The second-order valence-corrected chi connectivity index (χ2v) is 4.41. The molecule has 21 heavy (non-hydrogen) atoms. The topological polar surface area (TPSA) is 81.8 Å². The third kappa shape index (κ3) is 3.29. The lowest BCUT2D eigenvalue weighted by Gasteiger charge is -2.14. The molecule has 1 N–H and O–H groups in total. The van der Waals surface area contributed by atoms with Crippen LogP contribution in [0.1, 0.15) is 18.6 Å². The summed E-state index contributed by atoms with van der Waals surface area (Å²) in [4.78, 5) is 10.3. The van der Waals surface area contributed by atoms with Crippen molar-refractivity contribution in [1.29, 1.82) is 0 Å². The van der Waals surface area contributed by atoms with Gasteiger partial charge in [0.15, 0.2) is 11.5 Å². The van der Waals surface area contributed by atoms with Crippen LogP contribution in [0.2, 0.25) is 0 Å². The number of hydrogen-bond donors (Lipinski definition) is 1. The first-order valence-corrected chi connectivity index (χ1v) is 6.30. The second-order valence-electron chi connectivity index (χ2n) is 4.41. The van der Waals surface area contributed by atoms with Gasteiger partial charge in [0.1, 0.15) is 5.75 Å². The van der Waals surface area contributed by atoms with Gasteiger partial charge in [0.2, 0.25) is 0 Å². The fourth-order valence-corrected chi connectivity index (χ4v) is 1.89. The number of nitro groups is 1. The molecule has 0 fully saturated rings. The average Bonchev–Trinajstić information content (AvgIpc) is 2.47. The molecule has 110 valence electrons. The van der Waals surface area contributed by atoms with Crippen molar-refractivity contribution in [2.75, 3.05) is 7.11 Å². The minimum absolute atomic E-state index is 0.0805. The Hall–Kier alpha value is -2.60. The lowest BCUT2D eigenvalue weighted by atomic mass is 10.1. The molecule has 0 bridgehead atoms. The highest BCUT2D eigenvalue weighted by Gasteiger charge is 2.15. The van der Waals surface area contributed by atoms with Gasteiger partial charge in [-0.25, -0.2) is 0 Å². The van der Waals surface area contributed by atoms with E-state index in [4.69, 9.17) is 9.47 Å². The maximum atomic E-state index is 10.8. The van der Waals surface area contributed by atoms with Crippen LogP contribution in [0.3, 0.4) is 0 Å². The molecule has 0 aromatic heterocycles. The summed E-state index contributed by atoms with van der Waals surface area (Å²) >= 11 is 0. The molecular weight excluding hydrogens is 274 g/mol. The first-order valence-electron chi connectivity index (χ1n) is 6.30. The molecule has 2 rings (SSSR count). The normalized spacial score (nSPS) is 11.8. The molecule has 0 aliphatic carbocycles. The Labute approximate surface area is 121 Å². The Morgan fingerprint density at radius 3 is 2.48 bits per heavy atom. The molecule has 0 unspecified atom stereocenters. The van der Waals surface area contributed by atoms with Crippen molar-refractivity contribution < 1.29 is 19.5 Å². The van der Waals surface area contributed by atoms with Gasteiger partial charge in [-0.3, -0.25) is 10.1 Å². The summed E-state index contributed by atoms with van der Waals surface area (Å²) in [6.45, 7) is 1.63. The summed E-state index contributed by atoms with van der Waals surface area (Å²) in [6.07, 6.45) is -0.690. The van der Waals surface area contributed by atoms with Crippen LogP contribution in [0.5, 0.6) is 17.2 Å². The van der Waals surface area contributed by atoms with E-state index in [2.05, 4.69) is 0 Å². The van der Waals surface area contributed by atoms with Crippen LogP contribution in [0, 0.1) is 10.1 Å². The largest absolute Gasteiger partial charge is 0.493 e. The van der Waals surface area contributed by atoms with Crippen LogP contribution in [-0.4, -0.2) is 17.1 Å². The van der Waals surface area contributed by atoms with Gasteiger partial charge in [0, 0.05) is 11.6 Å². The van der Waals surface area contributed by atoms with E-state index < -0.39 is 11.0 Å². The van der Waals surface area contributed by atoms with Gasteiger partial charge < -0.3 is 14.6 Å². The van der Waals surface area contributed by atoms with Crippen LogP contribution in [0.15, 0.2) is 42.5 Å². The number of para-hydroxylation sites is 1. The van der Waals surface area contributed by atoms with Crippen molar-refractivity contribution in [1.82, 2.24) is 0 Å². The van der Waals surface area contributed by atoms with Gasteiger partial charge in [-0.1, -0.05) is 18.2 Å². The third-order valence-corrected chi connectivity index (χ3v) is 2.95. The lowest BCUT2D eigenvalue weighted by Crippen LogP contribution is -1.98. The number of non-ortho nitro benzene ring substituents is 1. The van der Waals surface area contributed by atoms with Crippen molar-refractivity contribution in [3.63, 3.8) is 0 Å². The molecule has 0 aliphatic rings. The van der Waals surface area contributed by atoms with Gasteiger partial charge in [0.05, 0.1) is 24.2 Å². The minimum Gasteiger partial charge on any atom is -0.493 e. The number of nitro benzene ring substituents is 1. The summed E-state index contributed by atoms with van der Waals surface area (Å²) in [5.41, 5.74) is 0.543. The second kappa shape index (κ2) is 6.23. The van der Waals surface area contributed by atoms with E-state index in [0.717, 1.165) is 0 Å². The molecule has 6 nitrogen and oxygen atoms in total. The van der Waals surface area contributed by atoms with E-state index in [9.17, 15) is 15.2 Å². The van der Waals surface area contributed by atoms with E-state index in [1.807, 2.05) is 0 Å². The van der Waals surface area contributed by atoms with Crippen LogP contribution >= 0.6 is 0 Å². The zero-order valence-corrected chi connectivity index (χ0v) is 11.6. The maximum Gasteiger partial charge on any atom is 0.273 e. The fraction of sp³-hybridized carbons (Fsp3) is 0.200. The molecular formula is C15H15NO5. The average molecular weight is 289 g/mol. The minimum atomic E-state index is -0.690. The number of hydrogen-bond acceptors (Lipinski definition) is 5. The van der Waals surface area contributed by atoms with Gasteiger partial charge in [-0.05, 0) is 19.1 Å². The molecule has 6 heteroatoms. The van der Waals surface area contributed by atoms with E-state index in [1.54, 1.807) is 31.2 Å². The zero-order valence-electron chi connectivity index (χ0n) is 11.6. The lowest BCUT2D eigenvalue weighted by molar-refractivity contribution is -0.384. The van der Waals surface area contributed by atoms with Crippen molar-refractivity contribution in [3.8, 4) is 17.2 Å². The Morgan fingerprint density at radius 1 is 1.14 bits per heavy atom. The smallest absolute Gasteiger partial charge is 0.273 e. The standard InChI is InChI=1S/C15H15NO5/c1-10(17)12-5-3-4-6-13(12)21-14-8-7-11(16(18)19)9-15(14)20-2/h3-10,17H,1-2H3/t10-/m0/s1. The Morgan fingerprint density at radius 2 is 1.86 bits per heavy atom. The third-order valence-electron chi connectivity index (χ3n) is 2.95. The summed E-state index contributed by atoms with van der Waals surface area (Å²) < 4.78 is 10.8. The molecule has 0 saturated carbocycles. The highest BCUT2D eigenvalue weighted by molar-refractivity contribution is 5.51. The monoisotopic (exact) mass is 289 g/mol. The van der Waals surface area contributed by atoms with E-state index >= 15 is 0 Å². The van der Waals surface area contributed by atoms with Gasteiger partial charge in [0.25, 0.3) is 5.69 Å². The van der Waals surface area contributed by atoms with E-state index in [0.29, 0.717) is 17.1 Å². The van der Waals surface area contributed by atoms with Crippen LogP contribution in [0.25, 0.3) is 0 Å². The molecule has 2 aromatic rings. The summed E-state index contributed by atoms with van der Waals surface area (Å²) in [6, 6.07) is 11.1. The summed E-state index contributed by atoms with van der Waals surface area (Å²) in [5.74, 6) is 1.07. The molecule has 0 aliphatic heterocycles. The molecule has 0 spiro atoms. The predicted octanol–water partition coefficient (Wildman–Crippen LogP) is 3.45. The number of benzene rings is 2. The Kier molecular flexibility index (Phi) is 4.39.